The van der Waals surface area contributed by atoms with Gasteiger partial charge >= 0.3 is 0 Å². The van der Waals surface area contributed by atoms with E-state index in [4.69, 9.17) is 4.74 Å². The van der Waals surface area contributed by atoms with Gasteiger partial charge in [-0.2, -0.15) is 0 Å². The van der Waals surface area contributed by atoms with Crippen LogP contribution in [0.2, 0.25) is 0 Å². The first-order chi connectivity index (χ1) is 8.20. The maximum absolute atomic E-state index is 11.4. The van der Waals surface area contributed by atoms with E-state index >= 15 is 0 Å². The highest BCUT2D eigenvalue weighted by Gasteiger charge is 2.16. The average molecular weight is 228 g/mol. The van der Waals surface area contributed by atoms with Crippen molar-refractivity contribution in [3.63, 3.8) is 0 Å². The Bertz CT molecular complexity index is 478. The zero-order valence-corrected chi connectivity index (χ0v) is 10.2. The maximum atomic E-state index is 11.4. The lowest BCUT2D eigenvalue weighted by molar-refractivity contribution is -0.114. The van der Waals surface area contributed by atoms with Gasteiger partial charge in [-0.1, -0.05) is 24.3 Å². The zero-order valence-electron chi connectivity index (χ0n) is 10.2. The highest BCUT2D eigenvalue weighted by Crippen LogP contribution is 2.24. The van der Waals surface area contributed by atoms with Crippen LogP contribution in [0.25, 0.3) is 6.08 Å². The summed E-state index contributed by atoms with van der Waals surface area (Å²) in [5.74, 6) is 1.13. The minimum absolute atomic E-state index is 0.277. The van der Waals surface area contributed by atoms with Crippen LogP contribution in [0.3, 0.4) is 0 Å². The number of Topliss-reactive ketones (excluding diaryl/α,β-unsaturated/α-hetero) is 1. The van der Waals surface area contributed by atoms with E-state index in [1.165, 1.54) is 0 Å². The molecule has 0 N–H and O–H groups in total. The SMILES string of the molecule is COc1ccc(/C=C/C2=C(C)C(=O)CC2)cc1. The van der Waals surface area contributed by atoms with Crippen molar-refractivity contribution in [3.05, 3.63) is 47.1 Å². The van der Waals surface area contributed by atoms with Gasteiger partial charge in [-0.15, -0.1) is 0 Å². The van der Waals surface area contributed by atoms with E-state index in [1.807, 2.05) is 43.3 Å². The topological polar surface area (TPSA) is 26.3 Å². The Kier molecular flexibility index (Phi) is 3.43. The Morgan fingerprint density at radius 1 is 1.12 bits per heavy atom. The Morgan fingerprint density at radius 3 is 2.35 bits per heavy atom. The molecular weight excluding hydrogens is 212 g/mol. The maximum Gasteiger partial charge on any atom is 0.159 e. The Balaban J connectivity index is 2.12. The summed E-state index contributed by atoms with van der Waals surface area (Å²) in [4.78, 5) is 11.4. The van der Waals surface area contributed by atoms with Crippen LogP contribution in [0.4, 0.5) is 0 Å². The van der Waals surface area contributed by atoms with Crippen molar-refractivity contribution < 1.29 is 9.53 Å². The summed E-state index contributed by atoms with van der Waals surface area (Å²) in [5.41, 5.74) is 3.19. The van der Waals surface area contributed by atoms with E-state index < -0.39 is 0 Å². The third-order valence-electron chi connectivity index (χ3n) is 3.11. The van der Waals surface area contributed by atoms with Crippen molar-refractivity contribution in [2.24, 2.45) is 0 Å². The van der Waals surface area contributed by atoms with Gasteiger partial charge in [0.1, 0.15) is 5.75 Å². The summed E-state index contributed by atoms with van der Waals surface area (Å²) in [6.45, 7) is 1.91. The number of ketones is 1. The molecule has 0 heterocycles. The molecule has 0 amide bonds. The Hall–Kier alpha value is -1.83. The highest BCUT2D eigenvalue weighted by molar-refractivity contribution is 5.98. The molecule has 0 atom stereocenters. The third kappa shape index (κ3) is 2.64. The number of carbonyl (C=O) groups excluding carboxylic acids is 1. The fraction of sp³-hybridized carbons (Fsp3) is 0.267. The molecule has 0 unspecified atom stereocenters. The summed E-state index contributed by atoms with van der Waals surface area (Å²) in [6, 6.07) is 7.87. The molecular formula is C15H16O2. The van der Waals surface area contributed by atoms with Crippen LogP contribution < -0.4 is 4.74 Å². The predicted molar refractivity (Wildman–Crippen MR) is 69.0 cm³/mol. The number of hydrogen-bond donors (Lipinski definition) is 0. The summed E-state index contributed by atoms with van der Waals surface area (Å²) in [5, 5.41) is 0. The first kappa shape index (κ1) is 11.6. The van der Waals surface area contributed by atoms with E-state index in [1.54, 1.807) is 7.11 Å². The van der Waals surface area contributed by atoms with Crippen molar-refractivity contribution >= 4 is 11.9 Å². The summed E-state index contributed by atoms with van der Waals surface area (Å²) < 4.78 is 5.10. The monoisotopic (exact) mass is 228 g/mol. The molecule has 1 aliphatic rings. The van der Waals surface area contributed by atoms with Crippen LogP contribution in [0, 0.1) is 0 Å². The van der Waals surface area contributed by atoms with Gasteiger partial charge in [0.15, 0.2) is 5.78 Å². The van der Waals surface area contributed by atoms with Crippen LogP contribution in [0.1, 0.15) is 25.3 Å². The minimum Gasteiger partial charge on any atom is -0.497 e. The molecule has 0 saturated heterocycles. The molecule has 2 rings (SSSR count). The van der Waals surface area contributed by atoms with Crippen molar-refractivity contribution in [2.75, 3.05) is 7.11 Å². The number of rotatable bonds is 3. The van der Waals surface area contributed by atoms with Crippen molar-refractivity contribution in [2.45, 2.75) is 19.8 Å². The fourth-order valence-corrected chi connectivity index (χ4v) is 1.92. The largest absolute Gasteiger partial charge is 0.497 e. The Labute approximate surface area is 102 Å². The molecule has 88 valence electrons. The quantitative estimate of drug-likeness (QED) is 0.792. The van der Waals surface area contributed by atoms with Crippen molar-refractivity contribution in [1.82, 2.24) is 0 Å². The summed E-state index contributed by atoms with van der Waals surface area (Å²) in [7, 11) is 1.66. The van der Waals surface area contributed by atoms with E-state index in [0.29, 0.717) is 6.42 Å². The summed E-state index contributed by atoms with van der Waals surface area (Å²) in [6.07, 6.45) is 5.62. The lowest BCUT2D eigenvalue weighted by atomic mass is 10.1. The first-order valence-electron chi connectivity index (χ1n) is 5.76. The molecule has 0 radical (unpaired) electrons. The lowest BCUT2D eigenvalue weighted by Crippen LogP contribution is -1.89. The van der Waals surface area contributed by atoms with Crippen molar-refractivity contribution in [1.29, 1.82) is 0 Å². The standard InChI is InChI=1S/C15H16O2/c1-11-13(7-10-15(11)16)6-3-12-4-8-14(17-2)9-5-12/h3-6,8-9H,7,10H2,1-2H3/b6-3+. The van der Waals surface area contributed by atoms with Gasteiger partial charge in [-0.25, -0.2) is 0 Å². The van der Waals surface area contributed by atoms with E-state index in [2.05, 4.69) is 0 Å². The van der Waals surface area contributed by atoms with Crippen LogP contribution in [-0.2, 0) is 4.79 Å². The van der Waals surface area contributed by atoms with Crippen LogP contribution in [0.15, 0.2) is 41.5 Å². The smallest absolute Gasteiger partial charge is 0.159 e. The molecule has 0 saturated carbocycles. The molecule has 1 aliphatic carbocycles. The second-order valence-electron chi connectivity index (χ2n) is 4.18. The second-order valence-corrected chi connectivity index (χ2v) is 4.18. The average Bonchev–Trinajstić information content (AvgIpc) is 2.68. The van der Waals surface area contributed by atoms with Crippen LogP contribution in [0.5, 0.6) is 5.75 Å². The van der Waals surface area contributed by atoms with E-state index in [0.717, 1.165) is 28.9 Å². The van der Waals surface area contributed by atoms with Gasteiger partial charge in [-0.05, 0) is 42.2 Å². The molecule has 1 aromatic rings. The second kappa shape index (κ2) is 5.00. The number of ether oxygens (including phenoxy) is 1. The molecule has 0 spiro atoms. The van der Waals surface area contributed by atoms with Crippen LogP contribution in [-0.4, -0.2) is 12.9 Å². The van der Waals surface area contributed by atoms with Gasteiger partial charge in [-0.3, -0.25) is 4.79 Å². The number of methoxy groups -OCH3 is 1. The van der Waals surface area contributed by atoms with Gasteiger partial charge in [0.05, 0.1) is 7.11 Å². The van der Waals surface area contributed by atoms with Gasteiger partial charge in [0.2, 0.25) is 0 Å². The molecule has 1 aromatic carbocycles. The number of benzene rings is 1. The van der Waals surface area contributed by atoms with Crippen LogP contribution >= 0.6 is 0 Å². The summed E-state index contributed by atoms with van der Waals surface area (Å²) >= 11 is 0. The molecule has 0 fully saturated rings. The van der Waals surface area contributed by atoms with Crippen molar-refractivity contribution in [3.8, 4) is 5.75 Å². The van der Waals surface area contributed by atoms with Gasteiger partial charge < -0.3 is 4.74 Å². The van der Waals surface area contributed by atoms with E-state index in [9.17, 15) is 4.79 Å². The lowest BCUT2D eigenvalue weighted by Gasteiger charge is -1.99. The molecule has 2 nitrogen and oxygen atoms in total. The number of carbonyl (C=O) groups is 1. The van der Waals surface area contributed by atoms with Gasteiger partial charge in [0.25, 0.3) is 0 Å². The third-order valence-corrected chi connectivity index (χ3v) is 3.11. The number of allylic oxidation sites excluding steroid dienone is 3. The molecule has 2 heteroatoms. The van der Waals surface area contributed by atoms with E-state index in [-0.39, 0.29) is 5.78 Å². The first-order valence-corrected chi connectivity index (χ1v) is 5.76. The molecule has 0 aliphatic heterocycles. The molecule has 0 aromatic heterocycles. The predicted octanol–water partition coefficient (Wildman–Crippen LogP) is 3.39. The minimum atomic E-state index is 0.277. The molecule has 0 bridgehead atoms. The molecule has 17 heavy (non-hydrogen) atoms. The highest BCUT2D eigenvalue weighted by atomic mass is 16.5. The number of hydrogen-bond acceptors (Lipinski definition) is 2. The zero-order chi connectivity index (χ0) is 12.3. The normalized spacial score (nSPS) is 16.0. The van der Waals surface area contributed by atoms with Gasteiger partial charge in [0, 0.05) is 6.42 Å². The fourth-order valence-electron chi connectivity index (χ4n) is 1.92. The Morgan fingerprint density at radius 2 is 1.82 bits per heavy atom.